The number of nitrogens with one attached hydrogen (secondary N) is 1. The molecule has 208 valence electrons. The summed E-state index contributed by atoms with van der Waals surface area (Å²) in [4.78, 5) is 15.4. The van der Waals surface area contributed by atoms with Crippen LogP contribution >= 0.6 is 0 Å². The van der Waals surface area contributed by atoms with Crippen LogP contribution in [0.15, 0.2) is 79.0 Å². The van der Waals surface area contributed by atoms with Crippen molar-refractivity contribution in [3.05, 3.63) is 96.1 Å². The lowest BCUT2D eigenvalue weighted by Crippen LogP contribution is -2.19. The molecular formula is C31H33FN4O4. The molecule has 0 radical (unpaired) electrons. The van der Waals surface area contributed by atoms with Crippen LogP contribution in [0.25, 0.3) is 23.0 Å². The number of carbonyl (C=O) groups is 1. The summed E-state index contributed by atoms with van der Waals surface area (Å²) in [6.45, 7) is 4.11. The van der Waals surface area contributed by atoms with Gasteiger partial charge < -0.3 is 20.6 Å². The summed E-state index contributed by atoms with van der Waals surface area (Å²) in [6.07, 6.45) is 2.92. The number of aromatic nitrogens is 3. The van der Waals surface area contributed by atoms with E-state index in [1.807, 2.05) is 42.5 Å². The van der Waals surface area contributed by atoms with Gasteiger partial charge in [-0.05, 0) is 48.9 Å². The molecule has 4 rings (SSSR count). The van der Waals surface area contributed by atoms with Gasteiger partial charge in [0.15, 0.2) is 0 Å². The number of aliphatic hydroxyl groups excluding tert-OH is 2. The molecule has 8 nitrogen and oxygen atoms in total. The highest BCUT2D eigenvalue weighted by Gasteiger charge is 2.23. The molecular weight excluding hydrogens is 511 g/mol. The van der Waals surface area contributed by atoms with Gasteiger partial charge in [-0.15, -0.1) is 0 Å². The molecule has 4 aromatic rings. The summed E-state index contributed by atoms with van der Waals surface area (Å²) >= 11 is 0. The minimum atomic E-state index is -1.18. The van der Waals surface area contributed by atoms with Crippen LogP contribution in [0.5, 0.6) is 0 Å². The van der Waals surface area contributed by atoms with Crippen LogP contribution in [0.2, 0.25) is 0 Å². The highest BCUT2D eigenvalue weighted by molar-refractivity contribution is 5.76. The standard InChI is InChI=1S/C31H33FN4O4/c1-3-20(2)30-27(14-13-25(37)18-26(38)19-29(39)40)31(21-9-11-22(32)12-10-21)36(35-30)24-15-16-33-28(17-24)34-23-7-5-4-6-8-23/h4-17,20,25-26,37-38H,3,18-19H2,1-2H3,(H,33,34)(H,39,40)/b14-13+/t20?,25-,26-/m1/s1. The Kier molecular flexibility index (Phi) is 9.42. The summed E-state index contributed by atoms with van der Waals surface area (Å²) in [6, 6.07) is 19.5. The zero-order valence-corrected chi connectivity index (χ0v) is 22.4. The predicted octanol–water partition coefficient (Wildman–Crippen LogP) is 5.93. The Labute approximate surface area is 232 Å². The predicted molar refractivity (Wildman–Crippen MR) is 153 cm³/mol. The second-order valence-electron chi connectivity index (χ2n) is 9.68. The van der Waals surface area contributed by atoms with Crippen molar-refractivity contribution in [2.75, 3.05) is 5.32 Å². The van der Waals surface area contributed by atoms with E-state index in [2.05, 4.69) is 24.1 Å². The summed E-state index contributed by atoms with van der Waals surface area (Å²) in [5.74, 6) is -0.830. The third-order valence-electron chi connectivity index (χ3n) is 6.59. The normalized spacial score (nSPS) is 13.7. The van der Waals surface area contributed by atoms with Gasteiger partial charge in [0, 0.05) is 41.4 Å². The van der Waals surface area contributed by atoms with Gasteiger partial charge in [-0.3, -0.25) is 4.79 Å². The van der Waals surface area contributed by atoms with Crippen molar-refractivity contribution in [3.8, 4) is 16.9 Å². The number of carboxylic acids is 1. The third-order valence-corrected chi connectivity index (χ3v) is 6.59. The average molecular weight is 545 g/mol. The quantitative estimate of drug-likeness (QED) is 0.174. The van der Waals surface area contributed by atoms with Gasteiger partial charge in [-0.2, -0.15) is 5.10 Å². The number of para-hydroxylation sites is 1. The van der Waals surface area contributed by atoms with E-state index in [0.717, 1.165) is 34.6 Å². The monoisotopic (exact) mass is 544 g/mol. The summed E-state index contributed by atoms with van der Waals surface area (Å²) < 4.78 is 15.7. The van der Waals surface area contributed by atoms with E-state index in [-0.39, 0.29) is 18.2 Å². The van der Waals surface area contributed by atoms with Gasteiger partial charge in [0.25, 0.3) is 0 Å². The first-order chi connectivity index (χ1) is 19.2. The van der Waals surface area contributed by atoms with Crippen LogP contribution in [-0.2, 0) is 4.79 Å². The number of anilines is 2. The molecule has 0 spiro atoms. The molecule has 2 aromatic carbocycles. The number of nitrogens with zero attached hydrogens (tertiary/aromatic N) is 3. The van der Waals surface area contributed by atoms with Crippen molar-refractivity contribution in [2.24, 2.45) is 0 Å². The summed E-state index contributed by atoms with van der Waals surface area (Å²) in [7, 11) is 0. The Morgan fingerprint density at radius 3 is 2.50 bits per heavy atom. The molecule has 1 unspecified atom stereocenters. The lowest BCUT2D eigenvalue weighted by Gasteiger charge is -2.12. The fourth-order valence-corrected chi connectivity index (χ4v) is 4.38. The van der Waals surface area contributed by atoms with Gasteiger partial charge in [0.2, 0.25) is 0 Å². The lowest BCUT2D eigenvalue weighted by atomic mass is 9.96. The second kappa shape index (κ2) is 13.1. The number of pyridine rings is 1. The molecule has 9 heteroatoms. The zero-order chi connectivity index (χ0) is 28.6. The van der Waals surface area contributed by atoms with E-state index >= 15 is 0 Å². The van der Waals surface area contributed by atoms with E-state index in [1.54, 1.807) is 29.1 Å². The van der Waals surface area contributed by atoms with Crippen molar-refractivity contribution in [1.82, 2.24) is 14.8 Å². The highest BCUT2D eigenvalue weighted by atomic mass is 19.1. The third kappa shape index (κ3) is 7.19. The number of aliphatic hydroxyl groups is 2. The number of benzene rings is 2. The van der Waals surface area contributed by atoms with Crippen LogP contribution in [0.4, 0.5) is 15.9 Å². The first-order valence-electron chi connectivity index (χ1n) is 13.2. The fraction of sp³-hybridized carbons (Fsp3) is 0.258. The molecule has 0 saturated carbocycles. The molecule has 0 aliphatic carbocycles. The molecule has 40 heavy (non-hydrogen) atoms. The highest BCUT2D eigenvalue weighted by Crippen LogP contribution is 2.35. The SMILES string of the molecule is CCC(C)c1nn(-c2ccnc(Nc3ccccc3)c2)c(-c2ccc(F)cc2)c1/C=C/[C@@H](O)C[C@@H](O)CC(=O)O. The first kappa shape index (κ1) is 28.7. The number of hydrogen-bond donors (Lipinski definition) is 4. The number of aliphatic carboxylic acids is 1. The maximum Gasteiger partial charge on any atom is 0.305 e. The van der Waals surface area contributed by atoms with E-state index in [0.29, 0.717) is 11.5 Å². The van der Waals surface area contributed by atoms with E-state index < -0.39 is 24.6 Å². The molecule has 3 atom stereocenters. The number of carboxylic acid groups (broad SMARTS) is 1. The lowest BCUT2D eigenvalue weighted by molar-refractivity contribution is -0.139. The minimum absolute atomic E-state index is 0.0543. The molecule has 0 amide bonds. The van der Waals surface area contributed by atoms with Crippen LogP contribution < -0.4 is 5.32 Å². The smallest absolute Gasteiger partial charge is 0.305 e. The van der Waals surface area contributed by atoms with Crippen LogP contribution in [0.1, 0.15) is 50.3 Å². The van der Waals surface area contributed by atoms with Gasteiger partial charge in [-0.25, -0.2) is 14.1 Å². The number of hydrogen-bond acceptors (Lipinski definition) is 6. The minimum Gasteiger partial charge on any atom is -0.481 e. The Balaban J connectivity index is 1.81. The number of halogens is 1. The average Bonchev–Trinajstić information content (AvgIpc) is 3.31. The molecule has 0 bridgehead atoms. The van der Waals surface area contributed by atoms with Crippen LogP contribution in [0.3, 0.4) is 0 Å². The maximum absolute atomic E-state index is 13.9. The molecule has 0 saturated heterocycles. The summed E-state index contributed by atoms with van der Waals surface area (Å²) in [5, 5.41) is 37.7. The van der Waals surface area contributed by atoms with Gasteiger partial charge >= 0.3 is 5.97 Å². The first-order valence-corrected chi connectivity index (χ1v) is 13.2. The Hall–Kier alpha value is -4.34. The topological polar surface area (TPSA) is 121 Å². The maximum atomic E-state index is 13.9. The Morgan fingerprint density at radius 2 is 1.82 bits per heavy atom. The molecule has 0 aliphatic heterocycles. The van der Waals surface area contributed by atoms with Crippen molar-refractivity contribution >= 4 is 23.6 Å². The largest absolute Gasteiger partial charge is 0.481 e. The molecule has 0 fully saturated rings. The molecule has 0 aliphatic rings. The van der Waals surface area contributed by atoms with Crippen LogP contribution in [0, 0.1) is 5.82 Å². The van der Waals surface area contributed by atoms with E-state index in [9.17, 15) is 19.4 Å². The van der Waals surface area contributed by atoms with Gasteiger partial charge in [0.05, 0.1) is 35.7 Å². The molecule has 2 aromatic heterocycles. The number of rotatable bonds is 12. The van der Waals surface area contributed by atoms with Crippen molar-refractivity contribution < 1.29 is 24.5 Å². The summed E-state index contributed by atoms with van der Waals surface area (Å²) in [5.41, 5.74) is 4.55. The Morgan fingerprint density at radius 1 is 1.10 bits per heavy atom. The van der Waals surface area contributed by atoms with Crippen molar-refractivity contribution in [3.63, 3.8) is 0 Å². The van der Waals surface area contributed by atoms with Gasteiger partial charge in [-0.1, -0.05) is 44.2 Å². The zero-order valence-electron chi connectivity index (χ0n) is 22.4. The van der Waals surface area contributed by atoms with Crippen molar-refractivity contribution in [2.45, 2.75) is 51.2 Å². The molecule has 2 heterocycles. The van der Waals surface area contributed by atoms with E-state index in [4.69, 9.17) is 10.2 Å². The Bertz CT molecular complexity index is 1450. The van der Waals surface area contributed by atoms with Crippen LogP contribution in [-0.4, -0.2) is 48.3 Å². The second-order valence-corrected chi connectivity index (χ2v) is 9.68. The van der Waals surface area contributed by atoms with E-state index in [1.165, 1.54) is 18.2 Å². The van der Waals surface area contributed by atoms with Gasteiger partial charge in [0.1, 0.15) is 11.6 Å². The fourth-order valence-electron chi connectivity index (χ4n) is 4.38. The van der Waals surface area contributed by atoms with Crippen molar-refractivity contribution in [1.29, 1.82) is 0 Å². The molecule has 4 N–H and O–H groups in total.